The molecule has 1 aromatic heterocycles. The average Bonchev–Trinajstić information content (AvgIpc) is 2.61. The number of aromatic nitrogens is 3. The van der Waals surface area contributed by atoms with Crippen molar-refractivity contribution in [3.63, 3.8) is 0 Å². The lowest BCUT2D eigenvalue weighted by Crippen LogP contribution is -1.99. The van der Waals surface area contributed by atoms with Crippen molar-refractivity contribution in [1.29, 1.82) is 0 Å². The van der Waals surface area contributed by atoms with Gasteiger partial charge in [-0.3, -0.25) is 4.68 Å². The summed E-state index contributed by atoms with van der Waals surface area (Å²) >= 11 is 5.44. The summed E-state index contributed by atoms with van der Waals surface area (Å²) < 4.78 is 1.92. The summed E-state index contributed by atoms with van der Waals surface area (Å²) in [5.74, 6) is 2.40. The number of nitrogens with zero attached hydrogens (tertiary/aromatic N) is 3. The standard InChI is InChI=1S/C9H16BrN3S/c1-3-14-6-4-5-13-7-9(8(2)10)11-12-13/h7-8H,3-6H2,1-2H3. The zero-order valence-corrected chi connectivity index (χ0v) is 11.0. The molecule has 1 unspecified atom stereocenters. The summed E-state index contributed by atoms with van der Waals surface area (Å²) in [6, 6.07) is 0. The molecule has 1 rings (SSSR count). The molecule has 0 aliphatic carbocycles. The SMILES string of the molecule is CCSCCCn1cc(C(C)Br)nn1. The smallest absolute Gasteiger partial charge is 0.0960 e. The van der Waals surface area contributed by atoms with E-state index in [2.05, 4.69) is 40.1 Å². The zero-order chi connectivity index (χ0) is 10.4. The van der Waals surface area contributed by atoms with Gasteiger partial charge in [0.15, 0.2) is 0 Å². The number of thioether (sulfide) groups is 1. The van der Waals surface area contributed by atoms with Crippen LogP contribution in [-0.2, 0) is 6.54 Å². The highest BCUT2D eigenvalue weighted by molar-refractivity contribution is 9.09. The Morgan fingerprint density at radius 2 is 2.43 bits per heavy atom. The molecule has 1 aromatic rings. The third kappa shape index (κ3) is 4.00. The normalized spacial score (nSPS) is 13.1. The summed E-state index contributed by atoms with van der Waals surface area (Å²) in [6.45, 7) is 5.21. The van der Waals surface area contributed by atoms with E-state index in [9.17, 15) is 0 Å². The van der Waals surface area contributed by atoms with Crippen molar-refractivity contribution in [1.82, 2.24) is 15.0 Å². The predicted molar refractivity (Wildman–Crippen MR) is 65.0 cm³/mol. The summed E-state index contributed by atoms with van der Waals surface area (Å²) in [6.07, 6.45) is 3.17. The second-order valence-electron chi connectivity index (χ2n) is 3.07. The topological polar surface area (TPSA) is 30.7 Å². The van der Waals surface area contributed by atoms with E-state index < -0.39 is 0 Å². The molecule has 1 heterocycles. The van der Waals surface area contributed by atoms with Crippen LogP contribution >= 0.6 is 27.7 Å². The van der Waals surface area contributed by atoms with Gasteiger partial charge in [0.2, 0.25) is 0 Å². The molecule has 0 N–H and O–H groups in total. The molecule has 0 spiro atoms. The molecule has 0 saturated heterocycles. The summed E-state index contributed by atoms with van der Waals surface area (Å²) in [5.41, 5.74) is 1.01. The first-order chi connectivity index (χ1) is 6.74. The lowest BCUT2D eigenvalue weighted by molar-refractivity contribution is 0.582. The molecule has 0 aliphatic rings. The van der Waals surface area contributed by atoms with Crippen LogP contribution in [0.4, 0.5) is 0 Å². The Bertz CT molecular complexity index is 262. The van der Waals surface area contributed by atoms with Gasteiger partial charge in [0.25, 0.3) is 0 Å². The fourth-order valence-corrected chi connectivity index (χ4v) is 1.91. The minimum Gasteiger partial charge on any atom is -0.252 e. The van der Waals surface area contributed by atoms with Gasteiger partial charge < -0.3 is 0 Å². The van der Waals surface area contributed by atoms with E-state index in [-0.39, 0.29) is 0 Å². The number of halogens is 1. The Balaban J connectivity index is 2.29. The third-order valence-electron chi connectivity index (χ3n) is 1.84. The van der Waals surface area contributed by atoms with Gasteiger partial charge in [0, 0.05) is 12.7 Å². The zero-order valence-electron chi connectivity index (χ0n) is 8.61. The molecule has 1 atom stereocenters. The van der Waals surface area contributed by atoms with Gasteiger partial charge in [-0.1, -0.05) is 28.1 Å². The Kier molecular flexibility index (Phi) is 5.55. The fraction of sp³-hybridized carbons (Fsp3) is 0.778. The molecule has 0 saturated carbocycles. The molecule has 0 aliphatic heterocycles. The first kappa shape index (κ1) is 12.0. The number of rotatable bonds is 6. The second kappa shape index (κ2) is 6.45. The van der Waals surface area contributed by atoms with Crippen molar-refractivity contribution in [3.05, 3.63) is 11.9 Å². The van der Waals surface area contributed by atoms with E-state index >= 15 is 0 Å². The van der Waals surface area contributed by atoms with Gasteiger partial charge in [0.05, 0.1) is 10.5 Å². The van der Waals surface area contributed by atoms with Crippen LogP contribution in [0.25, 0.3) is 0 Å². The van der Waals surface area contributed by atoms with E-state index in [1.165, 1.54) is 11.5 Å². The Labute approximate surface area is 97.8 Å². The largest absolute Gasteiger partial charge is 0.252 e. The van der Waals surface area contributed by atoms with Gasteiger partial charge in [-0.15, -0.1) is 5.10 Å². The lowest BCUT2D eigenvalue weighted by atomic mass is 10.4. The van der Waals surface area contributed by atoms with Crippen molar-refractivity contribution in [2.75, 3.05) is 11.5 Å². The predicted octanol–water partition coefficient (Wildman–Crippen LogP) is 2.88. The van der Waals surface area contributed by atoms with Gasteiger partial charge in [-0.25, -0.2) is 0 Å². The molecule has 80 valence electrons. The van der Waals surface area contributed by atoms with E-state index in [1.807, 2.05) is 22.6 Å². The highest BCUT2D eigenvalue weighted by Crippen LogP contribution is 2.18. The van der Waals surface area contributed by atoms with Gasteiger partial charge >= 0.3 is 0 Å². The van der Waals surface area contributed by atoms with E-state index in [1.54, 1.807) is 0 Å². The minimum atomic E-state index is 0.293. The highest BCUT2D eigenvalue weighted by atomic mass is 79.9. The molecular formula is C9H16BrN3S. The van der Waals surface area contributed by atoms with Crippen LogP contribution in [0.2, 0.25) is 0 Å². The van der Waals surface area contributed by atoms with Crippen LogP contribution in [0, 0.1) is 0 Å². The van der Waals surface area contributed by atoms with Crippen LogP contribution in [0.5, 0.6) is 0 Å². The molecule has 0 radical (unpaired) electrons. The monoisotopic (exact) mass is 277 g/mol. The van der Waals surface area contributed by atoms with Crippen LogP contribution in [0.1, 0.15) is 30.8 Å². The van der Waals surface area contributed by atoms with E-state index in [0.29, 0.717) is 4.83 Å². The van der Waals surface area contributed by atoms with Crippen LogP contribution < -0.4 is 0 Å². The molecule has 0 fully saturated rings. The Hall–Kier alpha value is -0.0300. The molecule has 0 amide bonds. The fourth-order valence-electron chi connectivity index (χ4n) is 1.08. The summed E-state index contributed by atoms with van der Waals surface area (Å²) in [5, 5.41) is 8.14. The maximum Gasteiger partial charge on any atom is 0.0960 e. The van der Waals surface area contributed by atoms with E-state index in [0.717, 1.165) is 18.7 Å². The van der Waals surface area contributed by atoms with Crippen LogP contribution in [0.15, 0.2) is 6.20 Å². The lowest BCUT2D eigenvalue weighted by Gasteiger charge is -1.99. The Morgan fingerprint density at radius 3 is 3.00 bits per heavy atom. The van der Waals surface area contributed by atoms with Gasteiger partial charge in [-0.2, -0.15) is 11.8 Å². The molecule has 5 heteroatoms. The van der Waals surface area contributed by atoms with Crippen LogP contribution in [-0.4, -0.2) is 26.5 Å². The molecular weight excluding hydrogens is 262 g/mol. The van der Waals surface area contributed by atoms with E-state index in [4.69, 9.17) is 0 Å². The number of hydrogen-bond donors (Lipinski definition) is 0. The van der Waals surface area contributed by atoms with Crippen molar-refractivity contribution >= 4 is 27.7 Å². The third-order valence-corrected chi connectivity index (χ3v) is 3.30. The van der Waals surface area contributed by atoms with Crippen LogP contribution in [0.3, 0.4) is 0 Å². The maximum absolute atomic E-state index is 4.07. The average molecular weight is 278 g/mol. The molecule has 14 heavy (non-hydrogen) atoms. The first-order valence-electron chi connectivity index (χ1n) is 4.86. The Morgan fingerprint density at radius 1 is 1.64 bits per heavy atom. The first-order valence-corrected chi connectivity index (χ1v) is 6.93. The van der Waals surface area contributed by atoms with Crippen molar-refractivity contribution in [2.24, 2.45) is 0 Å². The van der Waals surface area contributed by atoms with Gasteiger partial charge in [-0.05, 0) is 24.9 Å². The number of aryl methyl sites for hydroxylation is 1. The molecule has 3 nitrogen and oxygen atoms in total. The quantitative estimate of drug-likeness (QED) is 0.592. The van der Waals surface area contributed by atoms with Crippen molar-refractivity contribution in [3.8, 4) is 0 Å². The molecule has 0 aromatic carbocycles. The number of hydrogen-bond acceptors (Lipinski definition) is 3. The van der Waals surface area contributed by atoms with Crippen molar-refractivity contribution < 1.29 is 0 Å². The number of alkyl halides is 1. The highest BCUT2D eigenvalue weighted by Gasteiger charge is 2.05. The van der Waals surface area contributed by atoms with Crippen molar-refractivity contribution in [2.45, 2.75) is 31.6 Å². The molecule has 0 bridgehead atoms. The maximum atomic E-state index is 4.07. The summed E-state index contributed by atoms with van der Waals surface area (Å²) in [7, 11) is 0. The summed E-state index contributed by atoms with van der Waals surface area (Å²) in [4.78, 5) is 0.293. The van der Waals surface area contributed by atoms with Gasteiger partial charge in [0.1, 0.15) is 0 Å². The second-order valence-corrected chi connectivity index (χ2v) is 5.84. The minimum absolute atomic E-state index is 0.293.